The molecule has 0 saturated heterocycles. The second-order valence-electron chi connectivity index (χ2n) is 6.48. The first-order valence-corrected chi connectivity index (χ1v) is 12.0. The molecule has 158 valence electrons. The third kappa shape index (κ3) is 5.63. The molecule has 0 radical (unpaired) electrons. The van der Waals surface area contributed by atoms with Crippen LogP contribution in [0.1, 0.15) is 25.0 Å². The topological polar surface area (TPSA) is 127 Å². The van der Waals surface area contributed by atoms with Gasteiger partial charge < -0.3 is 5.32 Å². The Kier molecular flexibility index (Phi) is 7.17. The summed E-state index contributed by atoms with van der Waals surface area (Å²) in [6.07, 6.45) is -0.00307. The van der Waals surface area contributed by atoms with Crippen LogP contribution in [0.25, 0.3) is 0 Å². The Hall–Kier alpha value is -2.27. The lowest BCUT2D eigenvalue weighted by Crippen LogP contribution is -2.31. The fourth-order valence-corrected chi connectivity index (χ4v) is 5.07. The first-order valence-electron chi connectivity index (χ1n) is 9.01. The predicted molar refractivity (Wildman–Crippen MR) is 111 cm³/mol. The largest absolute Gasteiger partial charge is 0.326 e. The first kappa shape index (κ1) is 23.0. The molecule has 0 unspecified atom stereocenters. The number of nitrogens with zero attached hydrogens (tertiary/aromatic N) is 1. The van der Waals surface area contributed by atoms with Crippen molar-refractivity contribution in [2.45, 2.75) is 37.0 Å². The van der Waals surface area contributed by atoms with E-state index in [1.165, 1.54) is 34.6 Å². The number of benzene rings is 2. The average Bonchev–Trinajstić information content (AvgIpc) is 2.63. The zero-order valence-electron chi connectivity index (χ0n) is 16.5. The summed E-state index contributed by atoms with van der Waals surface area (Å²) in [5.41, 5.74) is 1.55. The fourth-order valence-electron chi connectivity index (χ4n) is 2.85. The number of hydrogen-bond donors (Lipinski definition) is 2. The van der Waals surface area contributed by atoms with E-state index in [2.05, 4.69) is 5.32 Å². The number of aryl methyl sites for hydroxylation is 1. The van der Waals surface area contributed by atoms with Gasteiger partial charge in [0.2, 0.25) is 26.0 Å². The van der Waals surface area contributed by atoms with Crippen LogP contribution in [0.5, 0.6) is 0 Å². The minimum Gasteiger partial charge on any atom is -0.326 e. The van der Waals surface area contributed by atoms with Gasteiger partial charge in [-0.3, -0.25) is 4.79 Å². The second kappa shape index (κ2) is 9.04. The number of anilines is 1. The SMILES string of the molecule is CCN(CC)S(=O)(=O)c1cc(NC(=O)Cc2ccc(S(N)(=O)=O)cc2)ccc1C. The van der Waals surface area contributed by atoms with Crippen LogP contribution >= 0.6 is 0 Å². The van der Waals surface area contributed by atoms with Crippen LogP contribution < -0.4 is 10.5 Å². The van der Waals surface area contributed by atoms with E-state index in [0.717, 1.165) is 0 Å². The molecule has 10 heteroatoms. The number of rotatable bonds is 8. The molecule has 0 aliphatic heterocycles. The molecular weight excluding hydrogens is 414 g/mol. The Balaban J connectivity index is 2.19. The van der Waals surface area contributed by atoms with Crippen molar-refractivity contribution in [1.82, 2.24) is 4.31 Å². The van der Waals surface area contributed by atoms with Crippen molar-refractivity contribution in [1.29, 1.82) is 0 Å². The number of primary sulfonamides is 1. The highest BCUT2D eigenvalue weighted by atomic mass is 32.2. The van der Waals surface area contributed by atoms with Gasteiger partial charge in [0.05, 0.1) is 16.2 Å². The van der Waals surface area contributed by atoms with Gasteiger partial charge in [0.1, 0.15) is 0 Å². The predicted octanol–water partition coefficient (Wildman–Crippen LogP) is 1.85. The van der Waals surface area contributed by atoms with Crippen molar-refractivity contribution < 1.29 is 21.6 Å². The Labute approximate surface area is 171 Å². The smallest absolute Gasteiger partial charge is 0.243 e. The molecule has 0 saturated carbocycles. The minimum absolute atomic E-state index is 0.00307. The third-order valence-electron chi connectivity index (χ3n) is 4.41. The quantitative estimate of drug-likeness (QED) is 0.649. The third-order valence-corrected chi connectivity index (χ3v) is 7.53. The number of nitrogens with two attached hydrogens (primary N) is 1. The van der Waals surface area contributed by atoms with E-state index in [1.54, 1.807) is 32.9 Å². The number of nitrogens with one attached hydrogen (secondary N) is 1. The Morgan fingerprint density at radius 1 is 1.00 bits per heavy atom. The van der Waals surface area contributed by atoms with E-state index in [-0.39, 0.29) is 22.1 Å². The summed E-state index contributed by atoms with van der Waals surface area (Å²) in [4.78, 5) is 12.5. The van der Waals surface area contributed by atoms with Gasteiger partial charge in [0.15, 0.2) is 0 Å². The Bertz CT molecular complexity index is 1090. The number of carbonyl (C=O) groups excluding carboxylic acids is 1. The van der Waals surface area contributed by atoms with Gasteiger partial charge in [-0.15, -0.1) is 0 Å². The molecule has 0 aromatic heterocycles. The standard InChI is InChI=1S/C19H25N3O5S2/c1-4-22(5-2)29(26,27)18-13-16(9-6-14(18)3)21-19(23)12-15-7-10-17(11-8-15)28(20,24)25/h6-11,13H,4-5,12H2,1-3H3,(H,21,23)(H2,20,24,25). The van der Waals surface area contributed by atoms with Gasteiger partial charge in [-0.1, -0.05) is 32.0 Å². The molecule has 1 amide bonds. The zero-order chi connectivity index (χ0) is 21.8. The maximum Gasteiger partial charge on any atom is 0.243 e. The number of carbonyl (C=O) groups is 1. The van der Waals surface area contributed by atoms with Crippen LogP contribution in [0, 0.1) is 6.92 Å². The molecule has 0 atom stereocenters. The van der Waals surface area contributed by atoms with Crippen LogP contribution in [-0.2, 0) is 31.3 Å². The Morgan fingerprint density at radius 3 is 2.10 bits per heavy atom. The first-order chi connectivity index (χ1) is 13.5. The highest BCUT2D eigenvalue weighted by molar-refractivity contribution is 7.89. The maximum absolute atomic E-state index is 12.8. The van der Waals surface area contributed by atoms with Crippen LogP contribution in [0.15, 0.2) is 52.3 Å². The summed E-state index contributed by atoms with van der Waals surface area (Å²) in [6, 6.07) is 10.4. The molecule has 0 fully saturated rings. The molecule has 2 rings (SSSR count). The lowest BCUT2D eigenvalue weighted by Gasteiger charge is -2.20. The lowest BCUT2D eigenvalue weighted by molar-refractivity contribution is -0.115. The molecule has 0 aliphatic carbocycles. The van der Waals surface area contributed by atoms with Crippen molar-refractivity contribution in [3.8, 4) is 0 Å². The maximum atomic E-state index is 12.8. The normalized spacial score (nSPS) is 12.2. The number of amides is 1. The van der Waals surface area contributed by atoms with E-state index in [9.17, 15) is 21.6 Å². The molecule has 0 aliphatic rings. The second-order valence-corrected chi connectivity index (χ2v) is 9.95. The van der Waals surface area contributed by atoms with Gasteiger partial charge in [0.25, 0.3) is 0 Å². The fraction of sp³-hybridized carbons (Fsp3) is 0.316. The Morgan fingerprint density at radius 2 is 1.59 bits per heavy atom. The molecule has 0 heterocycles. The van der Waals surface area contributed by atoms with E-state index in [4.69, 9.17) is 5.14 Å². The van der Waals surface area contributed by atoms with E-state index in [1.807, 2.05) is 0 Å². The van der Waals surface area contributed by atoms with Crippen LogP contribution in [0.3, 0.4) is 0 Å². The van der Waals surface area contributed by atoms with Crippen LogP contribution in [0.4, 0.5) is 5.69 Å². The summed E-state index contributed by atoms with van der Waals surface area (Å²) in [7, 11) is -7.45. The van der Waals surface area contributed by atoms with E-state index < -0.39 is 20.0 Å². The molecule has 2 aromatic rings. The van der Waals surface area contributed by atoms with Gasteiger partial charge in [-0.2, -0.15) is 4.31 Å². The van der Waals surface area contributed by atoms with Crippen molar-refractivity contribution in [3.63, 3.8) is 0 Å². The minimum atomic E-state index is -3.79. The van der Waals surface area contributed by atoms with E-state index in [0.29, 0.717) is 29.9 Å². The molecule has 2 aromatic carbocycles. The molecule has 3 N–H and O–H groups in total. The summed E-state index contributed by atoms with van der Waals surface area (Å²) in [5.74, 6) is -0.358. The van der Waals surface area contributed by atoms with Crippen molar-refractivity contribution >= 4 is 31.6 Å². The number of sulfonamides is 2. The molecule has 29 heavy (non-hydrogen) atoms. The van der Waals surface area contributed by atoms with Crippen LogP contribution in [-0.4, -0.2) is 40.1 Å². The monoisotopic (exact) mass is 439 g/mol. The van der Waals surface area contributed by atoms with Gasteiger partial charge >= 0.3 is 0 Å². The molecule has 0 bridgehead atoms. The van der Waals surface area contributed by atoms with Gasteiger partial charge in [-0.05, 0) is 42.3 Å². The van der Waals surface area contributed by atoms with Crippen LogP contribution in [0.2, 0.25) is 0 Å². The lowest BCUT2D eigenvalue weighted by atomic mass is 10.1. The van der Waals surface area contributed by atoms with Gasteiger partial charge in [0, 0.05) is 18.8 Å². The summed E-state index contributed by atoms with van der Waals surface area (Å²) in [6.45, 7) is 5.94. The van der Waals surface area contributed by atoms with Crippen molar-refractivity contribution in [2.24, 2.45) is 5.14 Å². The average molecular weight is 440 g/mol. The highest BCUT2D eigenvalue weighted by Gasteiger charge is 2.24. The van der Waals surface area contributed by atoms with Gasteiger partial charge in [-0.25, -0.2) is 22.0 Å². The van der Waals surface area contributed by atoms with E-state index >= 15 is 0 Å². The molecule has 8 nitrogen and oxygen atoms in total. The van der Waals surface area contributed by atoms with Crippen molar-refractivity contribution in [2.75, 3.05) is 18.4 Å². The zero-order valence-corrected chi connectivity index (χ0v) is 18.2. The van der Waals surface area contributed by atoms with Crippen molar-refractivity contribution in [3.05, 3.63) is 53.6 Å². The summed E-state index contributed by atoms with van der Waals surface area (Å²) >= 11 is 0. The summed E-state index contributed by atoms with van der Waals surface area (Å²) in [5, 5.41) is 7.74. The summed E-state index contributed by atoms with van der Waals surface area (Å²) < 4.78 is 49.5. The highest BCUT2D eigenvalue weighted by Crippen LogP contribution is 2.24. The molecular formula is C19H25N3O5S2. The molecule has 0 spiro atoms. The number of hydrogen-bond acceptors (Lipinski definition) is 5.